The molecule has 0 heterocycles. The molecule has 0 unspecified atom stereocenters. The Morgan fingerprint density at radius 3 is 2.30 bits per heavy atom. The van der Waals surface area contributed by atoms with Crippen LogP contribution in [0.15, 0.2) is 42.5 Å². The van der Waals surface area contributed by atoms with Crippen molar-refractivity contribution in [3.8, 4) is 11.1 Å². The summed E-state index contributed by atoms with van der Waals surface area (Å²) in [5.41, 5.74) is -1.35. The van der Waals surface area contributed by atoms with Crippen molar-refractivity contribution in [1.29, 1.82) is 0 Å². The smallest absolute Gasteiger partial charge is 0.416 e. The topological polar surface area (TPSA) is 37.3 Å². The van der Waals surface area contributed by atoms with Gasteiger partial charge in [0.15, 0.2) is 0 Å². The summed E-state index contributed by atoms with van der Waals surface area (Å²) in [6.07, 6.45) is -4.63. The second kappa shape index (κ2) is 4.96. The normalized spacial score (nSPS) is 11.4. The maximum absolute atomic E-state index is 13.1. The fourth-order valence-corrected chi connectivity index (χ4v) is 1.81. The largest absolute Gasteiger partial charge is 0.478 e. The molecule has 0 atom stereocenters. The average Bonchev–Trinajstić information content (AvgIpc) is 2.37. The highest BCUT2D eigenvalue weighted by molar-refractivity contribution is 5.96. The van der Waals surface area contributed by atoms with Crippen LogP contribution in [0.3, 0.4) is 0 Å². The molecule has 0 saturated heterocycles. The van der Waals surface area contributed by atoms with Gasteiger partial charge in [0, 0.05) is 0 Å². The lowest BCUT2D eigenvalue weighted by molar-refractivity contribution is -0.137. The van der Waals surface area contributed by atoms with Crippen LogP contribution in [0.2, 0.25) is 0 Å². The van der Waals surface area contributed by atoms with Crippen LogP contribution in [0.25, 0.3) is 11.1 Å². The number of carboxylic acids is 1. The zero-order valence-electron chi connectivity index (χ0n) is 9.91. The molecule has 6 heteroatoms. The minimum atomic E-state index is -4.63. The Bertz CT molecular complexity index is 662. The highest BCUT2D eigenvalue weighted by Gasteiger charge is 2.31. The van der Waals surface area contributed by atoms with E-state index in [4.69, 9.17) is 5.11 Å². The molecule has 1 N–H and O–H groups in total. The number of aromatic carboxylic acids is 1. The van der Waals surface area contributed by atoms with Crippen molar-refractivity contribution in [2.75, 3.05) is 0 Å². The second-order valence-corrected chi connectivity index (χ2v) is 4.07. The monoisotopic (exact) mass is 284 g/mol. The lowest BCUT2D eigenvalue weighted by atomic mass is 9.97. The van der Waals surface area contributed by atoms with Gasteiger partial charge in [-0.15, -0.1) is 0 Å². The van der Waals surface area contributed by atoms with Gasteiger partial charge in [-0.1, -0.05) is 18.2 Å². The van der Waals surface area contributed by atoms with Crippen molar-refractivity contribution in [1.82, 2.24) is 0 Å². The van der Waals surface area contributed by atoms with E-state index in [9.17, 15) is 22.4 Å². The zero-order valence-corrected chi connectivity index (χ0v) is 9.91. The van der Waals surface area contributed by atoms with Crippen molar-refractivity contribution < 1.29 is 27.5 Å². The van der Waals surface area contributed by atoms with E-state index in [1.165, 1.54) is 12.1 Å². The van der Waals surface area contributed by atoms with Gasteiger partial charge < -0.3 is 5.11 Å². The van der Waals surface area contributed by atoms with Crippen LogP contribution in [0, 0.1) is 5.82 Å². The van der Waals surface area contributed by atoms with Gasteiger partial charge in [0.05, 0.1) is 11.1 Å². The first kappa shape index (κ1) is 14.0. The van der Waals surface area contributed by atoms with Crippen molar-refractivity contribution >= 4 is 5.97 Å². The van der Waals surface area contributed by atoms with Crippen LogP contribution in [0.5, 0.6) is 0 Å². The standard InChI is InChI=1S/C14H8F4O2/c15-10-3-1-2-8(6-10)11-5-4-9(14(16,17)18)7-12(11)13(19)20/h1-7H,(H,19,20). The van der Waals surface area contributed by atoms with Gasteiger partial charge in [-0.05, 0) is 35.4 Å². The van der Waals surface area contributed by atoms with Gasteiger partial charge in [0.2, 0.25) is 0 Å². The fourth-order valence-electron chi connectivity index (χ4n) is 1.81. The Balaban J connectivity index is 2.62. The molecule has 0 aromatic heterocycles. The number of carboxylic acid groups (broad SMARTS) is 1. The number of hydrogen-bond acceptors (Lipinski definition) is 1. The third-order valence-electron chi connectivity index (χ3n) is 2.71. The Kier molecular flexibility index (Phi) is 3.48. The van der Waals surface area contributed by atoms with Crippen molar-refractivity contribution in [3.05, 3.63) is 59.4 Å². The summed E-state index contributed by atoms with van der Waals surface area (Å²) in [5.74, 6) is -2.10. The predicted octanol–water partition coefficient (Wildman–Crippen LogP) is 4.21. The van der Waals surface area contributed by atoms with E-state index in [-0.39, 0.29) is 11.1 Å². The third-order valence-corrected chi connectivity index (χ3v) is 2.71. The molecule has 0 aliphatic carbocycles. The van der Waals surface area contributed by atoms with Crippen LogP contribution < -0.4 is 0 Å². The van der Waals surface area contributed by atoms with E-state index in [2.05, 4.69) is 0 Å². The fraction of sp³-hybridized carbons (Fsp3) is 0.0714. The third kappa shape index (κ3) is 2.79. The predicted molar refractivity (Wildman–Crippen MR) is 63.8 cm³/mol. The molecular weight excluding hydrogens is 276 g/mol. The number of benzene rings is 2. The summed E-state index contributed by atoms with van der Waals surface area (Å²) >= 11 is 0. The lowest BCUT2D eigenvalue weighted by Gasteiger charge is -2.11. The molecule has 0 radical (unpaired) electrons. The van der Waals surface area contributed by atoms with Gasteiger partial charge in [-0.3, -0.25) is 0 Å². The van der Waals surface area contributed by atoms with Gasteiger partial charge in [-0.2, -0.15) is 13.2 Å². The van der Waals surface area contributed by atoms with E-state index in [0.717, 1.165) is 24.3 Å². The first-order valence-corrected chi connectivity index (χ1v) is 5.49. The summed E-state index contributed by atoms with van der Waals surface area (Å²) in [7, 11) is 0. The summed E-state index contributed by atoms with van der Waals surface area (Å²) < 4.78 is 50.9. The molecule has 2 aromatic carbocycles. The molecule has 0 saturated carbocycles. The highest BCUT2D eigenvalue weighted by Crippen LogP contribution is 2.33. The maximum Gasteiger partial charge on any atom is 0.416 e. The number of alkyl halides is 3. The van der Waals surface area contributed by atoms with E-state index in [0.29, 0.717) is 6.07 Å². The molecule has 104 valence electrons. The second-order valence-electron chi connectivity index (χ2n) is 4.07. The van der Waals surface area contributed by atoms with E-state index in [1.54, 1.807) is 0 Å². The number of carbonyl (C=O) groups is 1. The van der Waals surface area contributed by atoms with Gasteiger partial charge in [0.1, 0.15) is 5.82 Å². The van der Waals surface area contributed by atoms with E-state index in [1.807, 2.05) is 0 Å². The highest BCUT2D eigenvalue weighted by atomic mass is 19.4. The Hall–Kier alpha value is -2.37. The summed E-state index contributed by atoms with van der Waals surface area (Å²) in [6, 6.07) is 7.35. The molecule has 0 spiro atoms. The van der Waals surface area contributed by atoms with Gasteiger partial charge in [-0.25, -0.2) is 9.18 Å². The molecule has 20 heavy (non-hydrogen) atoms. The number of halogens is 4. The Morgan fingerprint density at radius 1 is 1.05 bits per heavy atom. The maximum atomic E-state index is 13.1. The van der Waals surface area contributed by atoms with Crippen molar-refractivity contribution in [2.45, 2.75) is 6.18 Å². The van der Waals surface area contributed by atoms with Crippen molar-refractivity contribution in [2.24, 2.45) is 0 Å². The quantitative estimate of drug-likeness (QED) is 0.839. The molecule has 2 aromatic rings. The molecule has 2 rings (SSSR count). The molecule has 0 bridgehead atoms. The number of rotatable bonds is 2. The van der Waals surface area contributed by atoms with E-state index < -0.39 is 29.1 Å². The molecule has 2 nitrogen and oxygen atoms in total. The minimum absolute atomic E-state index is 0.0324. The average molecular weight is 284 g/mol. The van der Waals surface area contributed by atoms with Crippen LogP contribution >= 0.6 is 0 Å². The zero-order chi connectivity index (χ0) is 14.9. The first-order chi connectivity index (χ1) is 9.29. The van der Waals surface area contributed by atoms with Crippen LogP contribution in [-0.2, 0) is 6.18 Å². The molecule has 0 fully saturated rings. The first-order valence-electron chi connectivity index (χ1n) is 5.49. The lowest BCUT2D eigenvalue weighted by Crippen LogP contribution is -2.08. The Morgan fingerprint density at radius 2 is 1.75 bits per heavy atom. The summed E-state index contributed by atoms with van der Waals surface area (Å²) in [6.45, 7) is 0. The molecular formula is C14H8F4O2. The molecule has 0 amide bonds. The van der Waals surface area contributed by atoms with E-state index >= 15 is 0 Å². The molecule has 0 aliphatic rings. The minimum Gasteiger partial charge on any atom is -0.478 e. The van der Waals surface area contributed by atoms with Crippen LogP contribution in [-0.4, -0.2) is 11.1 Å². The summed E-state index contributed by atoms with van der Waals surface area (Å²) in [5, 5.41) is 9.03. The molecule has 0 aliphatic heterocycles. The van der Waals surface area contributed by atoms with Crippen molar-refractivity contribution in [3.63, 3.8) is 0 Å². The number of hydrogen-bond donors (Lipinski definition) is 1. The van der Waals surface area contributed by atoms with Gasteiger partial charge >= 0.3 is 12.1 Å². The Labute approximate surface area is 111 Å². The van der Waals surface area contributed by atoms with Gasteiger partial charge in [0.25, 0.3) is 0 Å². The van der Waals surface area contributed by atoms with Crippen LogP contribution in [0.1, 0.15) is 15.9 Å². The summed E-state index contributed by atoms with van der Waals surface area (Å²) in [4.78, 5) is 11.1. The van der Waals surface area contributed by atoms with Crippen LogP contribution in [0.4, 0.5) is 17.6 Å². The SMILES string of the molecule is O=C(O)c1cc(C(F)(F)F)ccc1-c1cccc(F)c1.